The lowest BCUT2D eigenvalue weighted by Crippen LogP contribution is -2.14. The highest BCUT2D eigenvalue weighted by Crippen LogP contribution is 1.78. The molecule has 52 valence electrons. The molecule has 0 unspecified atom stereocenters. The van der Waals surface area contributed by atoms with Crippen LogP contribution in [0.3, 0.4) is 0 Å². The monoisotopic (exact) mass is 131 g/mol. The molecule has 0 saturated carbocycles. The zero-order valence-corrected chi connectivity index (χ0v) is 5.00. The first-order valence-electron chi connectivity index (χ1n) is 2.67. The van der Waals surface area contributed by atoms with Crippen molar-refractivity contribution < 1.29 is 14.4 Å². The van der Waals surface area contributed by atoms with Crippen LogP contribution in [-0.2, 0) is 14.4 Å². The van der Waals surface area contributed by atoms with E-state index in [4.69, 9.17) is 0 Å². The van der Waals surface area contributed by atoms with Gasteiger partial charge in [-0.2, -0.15) is 5.48 Å². The molecule has 0 rings (SSSR count). The molecule has 0 amide bonds. The molecule has 0 saturated heterocycles. The van der Waals surface area contributed by atoms with Crippen LogP contribution in [-0.4, -0.2) is 19.3 Å². The van der Waals surface area contributed by atoms with Gasteiger partial charge in [0.1, 0.15) is 6.29 Å². The second kappa shape index (κ2) is 7.10. The lowest BCUT2D eigenvalue weighted by molar-refractivity contribution is -0.135. The first-order valence-corrected chi connectivity index (χ1v) is 2.67. The normalized spacial score (nSPS) is 8.44. The van der Waals surface area contributed by atoms with Crippen LogP contribution in [0.1, 0.15) is 12.8 Å². The Morgan fingerprint density at radius 1 is 1.44 bits per heavy atom. The molecule has 1 N–H and O–H groups in total. The summed E-state index contributed by atoms with van der Waals surface area (Å²) in [7, 11) is 0. The molecule has 0 aliphatic heterocycles. The van der Waals surface area contributed by atoms with Crippen molar-refractivity contribution in [3.63, 3.8) is 0 Å². The Morgan fingerprint density at radius 3 is 2.78 bits per heavy atom. The highest BCUT2D eigenvalue weighted by atomic mass is 16.7. The lowest BCUT2D eigenvalue weighted by Gasteiger charge is -1.95. The van der Waals surface area contributed by atoms with Crippen molar-refractivity contribution in [2.24, 2.45) is 0 Å². The van der Waals surface area contributed by atoms with Gasteiger partial charge in [-0.25, -0.2) is 0 Å². The van der Waals surface area contributed by atoms with Gasteiger partial charge in [0.15, 0.2) is 0 Å². The van der Waals surface area contributed by atoms with Crippen molar-refractivity contribution >= 4 is 12.8 Å². The largest absolute Gasteiger partial charge is 0.374 e. The topological polar surface area (TPSA) is 55.4 Å². The van der Waals surface area contributed by atoms with Crippen molar-refractivity contribution in [2.75, 3.05) is 6.54 Å². The summed E-state index contributed by atoms with van der Waals surface area (Å²) in [6.07, 6.45) is 2.01. The number of hydrogen-bond acceptors (Lipinski definition) is 4. The molecule has 0 aromatic carbocycles. The van der Waals surface area contributed by atoms with E-state index >= 15 is 0 Å². The summed E-state index contributed by atoms with van der Waals surface area (Å²) in [5.74, 6) is 0. The predicted molar refractivity (Wildman–Crippen MR) is 30.4 cm³/mol. The van der Waals surface area contributed by atoms with E-state index < -0.39 is 0 Å². The van der Waals surface area contributed by atoms with E-state index in [2.05, 4.69) is 10.3 Å². The Hall–Kier alpha value is -0.900. The number of carbonyl (C=O) groups excluding carboxylic acids is 2. The van der Waals surface area contributed by atoms with Crippen LogP contribution in [0.15, 0.2) is 0 Å². The molecule has 0 atom stereocenters. The Kier molecular flexibility index (Phi) is 6.39. The molecule has 0 spiro atoms. The van der Waals surface area contributed by atoms with Gasteiger partial charge in [0, 0.05) is 13.0 Å². The molecular weight excluding hydrogens is 122 g/mol. The fourth-order valence-corrected chi connectivity index (χ4v) is 0.351. The summed E-state index contributed by atoms with van der Waals surface area (Å²) in [6.45, 7) is 0.832. The van der Waals surface area contributed by atoms with E-state index in [1.54, 1.807) is 0 Å². The average molecular weight is 131 g/mol. The maximum Gasteiger partial charge on any atom is 0.312 e. The van der Waals surface area contributed by atoms with E-state index in [0.29, 0.717) is 25.9 Å². The van der Waals surface area contributed by atoms with Crippen LogP contribution in [0.5, 0.6) is 0 Å². The van der Waals surface area contributed by atoms with Crippen LogP contribution >= 0.6 is 0 Å². The first-order chi connectivity index (χ1) is 4.41. The van der Waals surface area contributed by atoms with Crippen LogP contribution in [0, 0.1) is 0 Å². The number of unbranched alkanes of at least 4 members (excludes halogenated alkanes) is 1. The van der Waals surface area contributed by atoms with Crippen molar-refractivity contribution in [3.05, 3.63) is 0 Å². The van der Waals surface area contributed by atoms with Gasteiger partial charge < -0.3 is 9.63 Å². The summed E-state index contributed by atoms with van der Waals surface area (Å²) in [5.41, 5.74) is 2.34. The Bertz CT molecular complexity index is 74.3. The standard InChI is InChI=1S/C5H9NO3/c7-4-2-1-3-6-9-5-8/h4-6H,1-3H2. The number of hydroxylamine groups is 1. The smallest absolute Gasteiger partial charge is 0.312 e. The van der Waals surface area contributed by atoms with Crippen LogP contribution in [0.2, 0.25) is 0 Å². The molecule has 4 nitrogen and oxygen atoms in total. The number of rotatable bonds is 6. The molecule has 9 heavy (non-hydrogen) atoms. The van der Waals surface area contributed by atoms with Crippen molar-refractivity contribution in [2.45, 2.75) is 12.8 Å². The van der Waals surface area contributed by atoms with E-state index in [1.165, 1.54) is 0 Å². The summed E-state index contributed by atoms with van der Waals surface area (Å²) >= 11 is 0. The van der Waals surface area contributed by atoms with E-state index in [1.807, 2.05) is 0 Å². The third-order valence-corrected chi connectivity index (χ3v) is 0.732. The van der Waals surface area contributed by atoms with Gasteiger partial charge in [-0.05, 0) is 6.42 Å². The van der Waals surface area contributed by atoms with Gasteiger partial charge in [-0.15, -0.1) is 0 Å². The number of carbonyl (C=O) groups is 2. The Balaban J connectivity index is 2.74. The molecule has 0 aliphatic rings. The average Bonchev–Trinajstić information content (AvgIpc) is 1.89. The minimum absolute atomic E-state index is 0.306. The van der Waals surface area contributed by atoms with Crippen LogP contribution < -0.4 is 5.48 Å². The Morgan fingerprint density at radius 2 is 2.22 bits per heavy atom. The fraction of sp³-hybridized carbons (Fsp3) is 0.600. The molecule has 0 bridgehead atoms. The number of aldehydes is 1. The minimum Gasteiger partial charge on any atom is -0.374 e. The third-order valence-electron chi connectivity index (χ3n) is 0.732. The maximum atomic E-state index is 9.70. The molecule has 0 fully saturated rings. The number of hydrogen-bond donors (Lipinski definition) is 1. The molecule has 0 aromatic rings. The predicted octanol–water partition coefficient (Wildman–Crippen LogP) is -0.357. The highest BCUT2D eigenvalue weighted by Gasteiger charge is 1.83. The minimum atomic E-state index is 0.306. The fourth-order valence-electron chi connectivity index (χ4n) is 0.351. The third kappa shape index (κ3) is 7.10. The van der Waals surface area contributed by atoms with E-state index in [-0.39, 0.29) is 0 Å². The van der Waals surface area contributed by atoms with Gasteiger partial charge in [-0.3, -0.25) is 4.79 Å². The second-order valence-corrected chi connectivity index (χ2v) is 1.42. The van der Waals surface area contributed by atoms with Gasteiger partial charge >= 0.3 is 6.47 Å². The van der Waals surface area contributed by atoms with E-state index in [9.17, 15) is 9.59 Å². The van der Waals surface area contributed by atoms with Gasteiger partial charge in [0.2, 0.25) is 0 Å². The molecule has 0 aliphatic carbocycles. The van der Waals surface area contributed by atoms with Gasteiger partial charge in [0.25, 0.3) is 0 Å². The van der Waals surface area contributed by atoms with Crippen LogP contribution in [0.25, 0.3) is 0 Å². The molecule has 0 heterocycles. The van der Waals surface area contributed by atoms with E-state index in [0.717, 1.165) is 6.29 Å². The summed E-state index contributed by atoms with van der Waals surface area (Å²) in [4.78, 5) is 23.3. The van der Waals surface area contributed by atoms with Gasteiger partial charge in [0.05, 0.1) is 0 Å². The summed E-state index contributed by atoms with van der Waals surface area (Å²) in [6, 6.07) is 0. The Labute approximate surface area is 53.1 Å². The van der Waals surface area contributed by atoms with Crippen molar-refractivity contribution in [1.29, 1.82) is 0 Å². The van der Waals surface area contributed by atoms with Crippen molar-refractivity contribution in [3.8, 4) is 0 Å². The molecule has 4 heteroatoms. The second-order valence-electron chi connectivity index (χ2n) is 1.42. The number of nitrogens with one attached hydrogen (secondary N) is 1. The highest BCUT2D eigenvalue weighted by molar-refractivity contribution is 5.48. The summed E-state index contributed by atoms with van der Waals surface area (Å²) in [5, 5.41) is 0. The zero-order chi connectivity index (χ0) is 6.95. The zero-order valence-electron chi connectivity index (χ0n) is 5.00. The quantitative estimate of drug-likeness (QED) is 0.304. The first kappa shape index (κ1) is 8.10. The maximum absolute atomic E-state index is 9.70. The van der Waals surface area contributed by atoms with Gasteiger partial charge in [-0.1, -0.05) is 0 Å². The SMILES string of the molecule is O=CCCCNOC=O. The van der Waals surface area contributed by atoms with Crippen molar-refractivity contribution in [1.82, 2.24) is 5.48 Å². The molecular formula is C5H9NO3. The molecule has 0 aromatic heterocycles. The lowest BCUT2D eigenvalue weighted by atomic mass is 10.3. The summed E-state index contributed by atoms with van der Waals surface area (Å²) < 4.78 is 0. The molecule has 0 radical (unpaired) electrons. The van der Waals surface area contributed by atoms with Crippen LogP contribution in [0.4, 0.5) is 0 Å².